The summed E-state index contributed by atoms with van der Waals surface area (Å²) in [4.78, 5) is 19.5. The van der Waals surface area contributed by atoms with E-state index in [0.717, 1.165) is 36.1 Å². The van der Waals surface area contributed by atoms with Crippen LogP contribution in [0.5, 0.6) is 0 Å². The van der Waals surface area contributed by atoms with Gasteiger partial charge in [-0.25, -0.2) is 9.78 Å². The number of amides is 1. The number of anilines is 1. The molecule has 1 saturated heterocycles. The molecule has 1 aliphatic rings. The van der Waals surface area contributed by atoms with Gasteiger partial charge in [-0.05, 0) is 38.7 Å². The summed E-state index contributed by atoms with van der Waals surface area (Å²) in [5.74, 6) is 0.427. The standard InChI is InChI=1S/C19H25N3O2S/c1-19(2,3)24-18(23)22-10-9-14(13-22)11-20-17-21-12-16(25-17)15-7-5-4-6-8-15/h4-8,12,14H,9-11,13H2,1-3H3,(H,20,21). The van der Waals surface area contributed by atoms with E-state index in [2.05, 4.69) is 22.4 Å². The molecule has 25 heavy (non-hydrogen) atoms. The van der Waals surface area contributed by atoms with Crippen molar-refractivity contribution < 1.29 is 9.53 Å². The molecule has 1 aliphatic heterocycles. The molecule has 0 radical (unpaired) electrons. The molecule has 0 spiro atoms. The van der Waals surface area contributed by atoms with Crippen molar-refractivity contribution in [3.8, 4) is 10.4 Å². The zero-order chi connectivity index (χ0) is 17.9. The molecule has 1 aromatic heterocycles. The van der Waals surface area contributed by atoms with Crippen LogP contribution in [-0.2, 0) is 4.74 Å². The molecular formula is C19H25N3O2S. The van der Waals surface area contributed by atoms with E-state index in [1.54, 1.807) is 16.2 Å². The zero-order valence-corrected chi connectivity index (χ0v) is 15.8. The molecule has 1 atom stereocenters. The van der Waals surface area contributed by atoms with Crippen LogP contribution in [0.15, 0.2) is 36.5 Å². The van der Waals surface area contributed by atoms with Gasteiger partial charge in [0.15, 0.2) is 5.13 Å². The van der Waals surface area contributed by atoms with Gasteiger partial charge in [0.25, 0.3) is 0 Å². The normalized spacial score (nSPS) is 17.6. The van der Waals surface area contributed by atoms with Crippen molar-refractivity contribution in [3.63, 3.8) is 0 Å². The van der Waals surface area contributed by atoms with Gasteiger partial charge in [0, 0.05) is 25.8 Å². The lowest BCUT2D eigenvalue weighted by atomic mass is 10.1. The van der Waals surface area contributed by atoms with Gasteiger partial charge in [-0.15, -0.1) is 0 Å². The number of carbonyl (C=O) groups excluding carboxylic acids is 1. The van der Waals surface area contributed by atoms with Crippen LogP contribution in [-0.4, -0.2) is 41.2 Å². The van der Waals surface area contributed by atoms with E-state index in [4.69, 9.17) is 4.74 Å². The number of rotatable bonds is 4. The van der Waals surface area contributed by atoms with Crippen LogP contribution in [0.4, 0.5) is 9.93 Å². The summed E-state index contributed by atoms with van der Waals surface area (Å²) in [5, 5.41) is 4.34. The molecule has 1 amide bonds. The predicted molar refractivity (Wildman–Crippen MR) is 102 cm³/mol. The molecule has 2 aromatic rings. The van der Waals surface area contributed by atoms with Crippen LogP contribution >= 0.6 is 11.3 Å². The Labute approximate surface area is 153 Å². The van der Waals surface area contributed by atoms with E-state index in [1.807, 2.05) is 45.2 Å². The van der Waals surface area contributed by atoms with Crippen LogP contribution in [0.25, 0.3) is 10.4 Å². The molecular weight excluding hydrogens is 334 g/mol. The van der Waals surface area contributed by atoms with Gasteiger partial charge in [0.2, 0.25) is 0 Å². The highest BCUT2D eigenvalue weighted by atomic mass is 32.1. The van der Waals surface area contributed by atoms with Gasteiger partial charge in [-0.2, -0.15) is 0 Å². The van der Waals surface area contributed by atoms with Crippen molar-refractivity contribution >= 4 is 22.6 Å². The van der Waals surface area contributed by atoms with Crippen molar-refractivity contribution in [1.29, 1.82) is 0 Å². The number of carbonyl (C=O) groups is 1. The second-order valence-corrected chi connectivity index (χ2v) is 8.39. The SMILES string of the molecule is CC(C)(C)OC(=O)N1CCC(CNc2ncc(-c3ccccc3)s2)C1. The maximum absolute atomic E-state index is 12.1. The molecule has 1 unspecified atom stereocenters. The van der Waals surface area contributed by atoms with E-state index < -0.39 is 5.60 Å². The Morgan fingerprint density at radius 1 is 1.36 bits per heavy atom. The number of benzene rings is 1. The van der Waals surface area contributed by atoms with Crippen molar-refractivity contribution in [3.05, 3.63) is 36.5 Å². The lowest BCUT2D eigenvalue weighted by Gasteiger charge is -2.24. The summed E-state index contributed by atoms with van der Waals surface area (Å²) in [6, 6.07) is 10.3. The first-order valence-electron chi connectivity index (χ1n) is 8.64. The Kier molecular flexibility index (Phi) is 5.27. The van der Waals surface area contributed by atoms with Crippen LogP contribution < -0.4 is 5.32 Å². The van der Waals surface area contributed by atoms with E-state index in [9.17, 15) is 4.79 Å². The minimum atomic E-state index is -0.442. The number of thiazole rings is 1. The number of likely N-dealkylation sites (tertiary alicyclic amines) is 1. The number of nitrogens with one attached hydrogen (secondary N) is 1. The largest absolute Gasteiger partial charge is 0.444 e. The summed E-state index contributed by atoms with van der Waals surface area (Å²) < 4.78 is 5.44. The Morgan fingerprint density at radius 3 is 2.84 bits per heavy atom. The molecule has 0 saturated carbocycles. The molecule has 1 aromatic carbocycles. The van der Waals surface area contributed by atoms with E-state index in [0.29, 0.717) is 5.92 Å². The molecule has 0 bridgehead atoms. The first-order valence-corrected chi connectivity index (χ1v) is 9.45. The minimum Gasteiger partial charge on any atom is -0.444 e. The first kappa shape index (κ1) is 17.7. The summed E-state index contributed by atoms with van der Waals surface area (Å²) >= 11 is 1.66. The topological polar surface area (TPSA) is 54.5 Å². The number of aromatic nitrogens is 1. The third kappa shape index (κ3) is 4.95. The lowest BCUT2D eigenvalue weighted by Crippen LogP contribution is -2.35. The molecule has 3 rings (SSSR count). The molecule has 6 heteroatoms. The lowest BCUT2D eigenvalue weighted by molar-refractivity contribution is 0.0289. The maximum Gasteiger partial charge on any atom is 0.410 e. The second-order valence-electron chi connectivity index (χ2n) is 7.36. The third-order valence-corrected chi connectivity index (χ3v) is 5.05. The second kappa shape index (κ2) is 7.44. The Hall–Kier alpha value is -2.08. The van der Waals surface area contributed by atoms with Gasteiger partial charge >= 0.3 is 6.09 Å². The van der Waals surface area contributed by atoms with E-state index >= 15 is 0 Å². The molecule has 0 aliphatic carbocycles. The highest BCUT2D eigenvalue weighted by Crippen LogP contribution is 2.29. The van der Waals surface area contributed by atoms with Gasteiger partial charge in [-0.3, -0.25) is 0 Å². The van der Waals surface area contributed by atoms with Gasteiger partial charge in [0.1, 0.15) is 5.60 Å². The van der Waals surface area contributed by atoms with Gasteiger partial charge in [0.05, 0.1) is 4.88 Å². The molecule has 1 N–H and O–H groups in total. The smallest absolute Gasteiger partial charge is 0.410 e. The number of nitrogens with zero attached hydrogens (tertiary/aromatic N) is 2. The van der Waals surface area contributed by atoms with Crippen LogP contribution in [0.2, 0.25) is 0 Å². The maximum atomic E-state index is 12.1. The van der Waals surface area contributed by atoms with Crippen molar-refractivity contribution in [2.45, 2.75) is 32.8 Å². The summed E-state index contributed by atoms with van der Waals surface area (Å²) in [6.45, 7) is 8.00. The molecule has 2 heterocycles. The fourth-order valence-electron chi connectivity index (χ4n) is 2.81. The van der Waals surface area contributed by atoms with Crippen LogP contribution in [0.3, 0.4) is 0 Å². The predicted octanol–water partition coefficient (Wildman–Crippen LogP) is 4.48. The van der Waals surface area contributed by atoms with Crippen molar-refractivity contribution in [1.82, 2.24) is 9.88 Å². The molecule has 1 fully saturated rings. The zero-order valence-electron chi connectivity index (χ0n) is 15.0. The summed E-state index contributed by atoms with van der Waals surface area (Å²) in [5.41, 5.74) is 0.743. The van der Waals surface area contributed by atoms with Crippen molar-refractivity contribution in [2.24, 2.45) is 5.92 Å². The molecule has 134 valence electrons. The average Bonchev–Trinajstić information content (AvgIpc) is 3.22. The monoisotopic (exact) mass is 359 g/mol. The highest BCUT2D eigenvalue weighted by molar-refractivity contribution is 7.18. The fraction of sp³-hybridized carbons (Fsp3) is 0.474. The number of ether oxygens (including phenoxy) is 1. The van der Waals surface area contributed by atoms with Gasteiger partial charge in [-0.1, -0.05) is 41.7 Å². The number of hydrogen-bond acceptors (Lipinski definition) is 5. The minimum absolute atomic E-state index is 0.212. The average molecular weight is 359 g/mol. The van der Waals surface area contributed by atoms with E-state index in [-0.39, 0.29) is 6.09 Å². The summed E-state index contributed by atoms with van der Waals surface area (Å²) in [6.07, 6.45) is 2.68. The molecule has 5 nitrogen and oxygen atoms in total. The Bertz CT molecular complexity index is 709. The number of hydrogen-bond donors (Lipinski definition) is 1. The fourth-order valence-corrected chi connectivity index (χ4v) is 3.64. The van der Waals surface area contributed by atoms with Crippen molar-refractivity contribution in [2.75, 3.05) is 25.0 Å². The summed E-state index contributed by atoms with van der Waals surface area (Å²) in [7, 11) is 0. The van der Waals surface area contributed by atoms with Gasteiger partial charge < -0.3 is 15.0 Å². The first-order chi connectivity index (χ1) is 11.9. The highest BCUT2D eigenvalue weighted by Gasteiger charge is 2.29. The van der Waals surface area contributed by atoms with Crippen LogP contribution in [0, 0.1) is 5.92 Å². The Balaban J connectivity index is 1.49. The Morgan fingerprint density at radius 2 is 2.12 bits per heavy atom. The third-order valence-electron chi connectivity index (χ3n) is 4.04. The van der Waals surface area contributed by atoms with Crippen LogP contribution in [0.1, 0.15) is 27.2 Å². The van der Waals surface area contributed by atoms with E-state index in [1.165, 1.54) is 5.56 Å². The quantitative estimate of drug-likeness (QED) is 0.874.